The molecule has 2 rings (SSSR count). The smallest absolute Gasteiger partial charge is 0.0515 e. The molecule has 1 unspecified atom stereocenters. The third kappa shape index (κ3) is 1.81. The van der Waals surface area contributed by atoms with Crippen molar-refractivity contribution in [3.05, 3.63) is 48.0 Å². The van der Waals surface area contributed by atoms with Crippen molar-refractivity contribution in [3.63, 3.8) is 0 Å². The molecule has 1 aromatic rings. The third-order valence-electron chi connectivity index (χ3n) is 2.26. The normalized spacial score (nSPS) is 21.3. The van der Waals surface area contributed by atoms with Gasteiger partial charge in [-0.2, -0.15) is 0 Å². The minimum absolute atomic E-state index is 0.117. The van der Waals surface area contributed by atoms with Gasteiger partial charge in [0.05, 0.1) is 5.92 Å². The van der Waals surface area contributed by atoms with E-state index < -0.39 is 0 Å². The Hall–Kier alpha value is -0.860. The molecule has 0 nitrogen and oxygen atoms in total. The number of hydrogen-bond acceptors (Lipinski definition) is 2. The van der Waals surface area contributed by atoms with E-state index in [-0.39, 0.29) is 5.92 Å². The van der Waals surface area contributed by atoms with Crippen LogP contribution in [0, 0.1) is 6.08 Å². The van der Waals surface area contributed by atoms with Crippen molar-refractivity contribution in [1.29, 1.82) is 0 Å². The lowest BCUT2D eigenvalue weighted by Gasteiger charge is -2.20. The van der Waals surface area contributed by atoms with Crippen LogP contribution in [0.15, 0.2) is 36.4 Å². The number of benzene rings is 1. The summed E-state index contributed by atoms with van der Waals surface area (Å²) in [7, 11) is 0. The monoisotopic (exact) mass is 217 g/mol. The lowest BCUT2D eigenvalue weighted by molar-refractivity contribution is 1.18. The fourth-order valence-corrected chi connectivity index (χ4v) is 2.36. The molecule has 0 amide bonds. The molecule has 0 spiro atoms. The Labute approximate surface area is 94.6 Å². The lowest BCUT2D eigenvalue weighted by atomic mass is 9.87. The Bertz CT molecular complexity index is 390. The van der Waals surface area contributed by atoms with Crippen molar-refractivity contribution < 1.29 is 0 Å². The van der Waals surface area contributed by atoms with Gasteiger partial charge in [0.1, 0.15) is 0 Å². The first-order valence-corrected chi connectivity index (χ1v) is 5.30. The first-order chi connectivity index (χ1) is 6.79. The summed E-state index contributed by atoms with van der Waals surface area (Å²) in [6.45, 7) is 0. The van der Waals surface area contributed by atoms with Crippen LogP contribution in [0.1, 0.15) is 17.9 Å². The molecule has 0 fully saturated rings. The summed E-state index contributed by atoms with van der Waals surface area (Å²) in [5.41, 5.74) is 1.18. The highest BCUT2D eigenvalue weighted by Gasteiger charge is 2.22. The average molecular weight is 217 g/mol. The number of thiocarbonyl (C=S) groups is 2. The zero-order valence-corrected chi connectivity index (χ0v) is 9.20. The third-order valence-corrected chi connectivity index (χ3v) is 3.02. The minimum atomic E-state index is 0.117. The van der Waals surface area contributed by atoms with Crippen LogP contribution < -0.4 is 0 Å². The molecule has 1 aliphatic carbocycles. The Balaban J connectivity index is 2.38. The van der Waals surface area contributed by atoms with Gasteiger partial charge < -0.3 is 0 Å². The van der Waals surface area contributed by atoms with Gasteiger partial charge in [0.2, 0.25) is 0 Å². The largest absolute Gasteiger partial charge is 0.0883 e. The minimum Gasteiger partial charge on any atom is -0.0883 e. The molecule has 1 atom stereocenters. The van der Waals surface area contributed by atoms with E-state index >= 15 is 0 Å². The molecular formula is C12H9S2. The fourth-order valence-electron chi connectivity index (χ4n) is 1.58. The molecule has 1 radical (unpaired) electrons. The second-order valence-corrected chi connectivity index (χ2v) is 4.19. The quantitative estimate of drug-likeness (QED) is 0.662. The summed E-state index contributed by atoms with van der Waals surface area (Å²) in [4.78, 5) is 1.81. The second-order valence-electron chi connectivity index (χ2n) is 3.23. The maximum absolute atomic E-state index is 5.33. The van der Waals surface area contributed by atoms with Gasteiger partial charge in [-0.05, 0) is 18.1 Å². The number of allylic oxidation sites excluding steroid dienone is 2. The van der Waals surface area contributed by atoms with Gasteiger partial charge in [-0.3, -0.25) is 0 Å². The standard InChI is InChI=1S/C12H9S2/c13-10-7-4-8-11(14)12(10)9-5-2-1-3-6-9/h1-6,12H,7H2. The molecule has 2 heteroatoms. The summed E-state index contributed by atoms with van der Waals surface area (Å²) in [6.07, 6.45) is 5.82. The van der Waals surface area contributed by atoms with Crippen molar-refractivity contribution in [2.75, 3.05) is 0 Å². The van der Waals surface area contributed by atoms with Crippen LogP contribution >= 0.6 is 24.4 Å². The van der Waals surface area contributed by atoms with E-state index in [1.54, 1.807) is 0 Å². The van der Waals surface area contributed by atoms with E-state index in [0.717, 1.165) is 16.1 Å². The first kappa shape index (κ1) is 9.69. The number of rotatable bonds is 1. The maximum atomic E-state index is 5.33. The molecule has 69 valence electrons. The predicted octanol–water partition coefficient (Wildman–Crippen LogP) is 3.27. The molecule has 0 N–H and O–H groups in total. The van der Waals surface area contributed by atoms with Crippen LogP contribution in [0.2, 0.25) is 0 Å². The van der Waals surface area contributed by atoms with Crippen LogP contribution in [0.5, 0.6) is 0 Å². The van der Waals surface area contributed by atoms with Gasteiger partial charge in [-0.25, -0.2) is 0 Å². The molecule has 0 heterocycles. The van der Waals surface area contributed by atoms with Crippen LogP contribution in [-0.2, 0) is 0 Å². The van der Waals surface area contributed by atoms with E-state index in [0.29, 0.717) is 0 Å². The van der Waals surface area contributed by atoms with E-state index in [4.69, 9.17) is 24.4 Å². The second kappa shape index (κ2) is 4.11. The van der Waals surface area contributed by atoms with Crippen molar-refractivity contribution >= 4 is 34.2 Å². The topological polar surface area (TPSA) is 0 Å². The summed E-state index contributed by atoms with van der Waals surface area (Å²) in [6, 6.07) is 10.2. The van der Waals surface area contributed by atoms with Crippen molar-refractivity contribution in [1.82, 2.24) is 0 Å². The van der Waals surface area contributed by atoms with Gasteiger partial charge in [-0.1, -0.05) is 60.8 Å². The molecule has 0 aromatic heterocycles. The molecule has 0 saturated heterocycles. The molecule has 0 saturated carbocycles. The fraction of sp³-hybridized carbons (Fsp3) is 0.167. The van der Waals surface area contributed by atoms with Gasteiger partial charge in [0.25, 0.3) is 0 Å². The summed E-state index contributed by atoms with van der Waals surface area (Å²) in [5.74, 6) is 0.117. The van der Waals surface area contributed by atoms with Gasteiger partial charge in [0.15, 0.2) is 0 Å². The SMILES string of the molecule is S=C1[C]=CCC(=S)C1c1ccccc1. The van der Waals surface area contributed by atoms with Crippen LogP contribution in [-0.4, -0.2) is 9.73 Å². The van der Waals surface area contributed by atoms with Crippen LogP contribution in [0.3, 0.4) is 0 Å². The Morgan fingerprint density at radius 2 is 1.86 bits per heavy atom. The van der Waals surface area contributed by atoms with E-state index in [2.05, 4.69) is 18.2 Å². The molecule has 0 bridgehead atoms. The number of hydrogen-bond donors (Lipinski definition) is 0. The zero-order valence-electron chi connectivity index (χ0n) is 7.57. The molecule has 14 heavy (non-hydrogen) atoms. The highest BCUT2D eigenvalue weighted by Crippen LogP contribution is 2.25. The van der Waals surface area contributed by atoms with E-state index in [9.17, 15) is 0 Å². The summed E-state index contributed by atoms with van der Waals surface area (Å²) < 4.78 is 0. The van der Waals surface area contributed by atoms with E-state index in [1.807, 2.05) is 24.3 Å². The van der Waals surface area contributed by atoms with Crippen LogP contribution in [0.4, 0.5) is 0 Å². The Morgan fingerprint density at radius 1 is 1.14 bits per heavy atom. The zero-order chi connectivity index (χ0) is 9.97. The molecule has 0 aliphatic heterocycles. The predicted molar refractivity (Wildman–Crippen MR) is 66.8 cm³/mol. The molecular weight excluding hydrogens is 208 g/mol. The molecule has 1 aliphatic rings. The lowest BCUT2D eigenvalue weighted by Crippen LogP contribution is -2.20. The van der Waals surface area contributed by atoms with E-state index in [1.165, 1.54) is 5.56 Å². The Kier molecular flexibility index (Phi) is 2.85. The molecule has 1 aromatic carbocycles. The van der Waals surface area contributed by atoms with Crippen molar-refractivity contribution in [3.8, 4) is 0 Å². The highest BCUT2D eigenvalue weighted by molar-refractivity contribution is 7.82. The van der Waals surface area contributed by atoms with Gasteiger partial charge in [-0.15, -0.1) is 0 Å². The summed E-state index contributed by atoms with van der Waals surface area (Å²) >= 11 is 10.6. The highest BCUT2D eigenvalue weighted by atomic mass is 32.1. The van der Waals surface area contributed by atoms with Crippen LogP contribution in [0.25, 0.3) is 0 Å². The van der Waals surface area contributed by atoms with Crippen molar-refractivity contribution in [2.45, 2.75) is 12.3 Å². The van der Waals surface area contributed by atoms with Crippen molar-refractivity contribution in [2.24, 2.45) is 0 Å². The average Bonchev–Trinajstić information content (AvgIpc) is 2.19. The first-order valence-electron chi connectivity index (χ1n) is 4.49. The maximum Gasteiger partial charge on any atom is 0.0515 e. The Morgan fingerprint density at radius 3 is 2.50 bits per heavy atom. The van der Waals surface area contributed by atoms with Gasteiger partial charge in [0, 0.05) is 9.73 Å². The summed E-state index contributed by atoms with van der Waals surface area (Å²) in [5, 5.41) is 0. The van der Waals surface area contributed by atoms with Gasteiger partial charge >= 0.3 is 0 Å².